The average Bonchev–Trinajstić information content (AvgIpc) is 2.75. The molecule has 2 rings (SSSR count). The maximum Gasteiger partial charge on any atom is 0.307 e. The number of hydrogen-bond acceptors (Lipinski definition) is 3. The lowest BCUT2D eigenvalue weighted by molar-refractivity contribution is -0.130. The fourth-order valence-corrected chi connectivity index (χ4v) is 3.04. The summed E-state index contributed by atoms with van der Waals surface area (Å²) in [6.45, 7) is 2.81. The van der Waals surface area contributed by atoms with Gasteiger partial charge in [0.2, 0.25) is 5.91 Å². The molecule has 112 valence electrons. The fraction of sp³-hybridized carbons (Fsp3) is 0.333. The van der Waals surface area contributed by atoms with Gasteiger partial charge in [-0.3, -0.25) is 9.59 Å². The van der Waals surface area contributed by atoms with Crippen molar-refractivity contribution in [2.45, 2.75) is 26.4 Å². The van der Waals surface area contributed by atoms with Crippen LogP contribution in [0.4, 0.5) is 0 Å². The van der Waals surface area contributed by atoms with Gasteiger partial charge in [-0.25, -0.2) is 0 Å². The Bertz CT molecular complexity index is 693. The van der Waals surface area contributed by atoms with Crippen LogP contribution in [0.3, 0.4) is 0 Å². The van der Waals surface area contributed by atoms with Crippen LogP contribution in [0.25, 0.3) is 0 Å². The highest BCUT2D eigenvalue weighted by Gasteiger charge is 2.11. The Labute approximate surface area is 132 Å². The van der Waals surface area contributed by atoms with Crippen molar-refractivity contribution in [1.29, 1.82) is 0 Å². The van der Waals surface area contributed by atoms with Crippen LogP contribution in [0.2, 0.25) is 5.02 Å². The quantitative estimate of drug-likeness (QED) is 0.848. The average molecular weight is 325 g/mol. The predicted molar refractivity (Wildman–Crippen MR) is 85.9 cm³/mol. The van der Waals surface area contributed by atoms with Crippen molar-refractivity contribution in [3.63, 3.8) is 0 Å². The van der Waals surface area contributed by atoms with E-state index in [1.807, 2.05) is 30.5 Å². The first-order chi connectivity index (χ1) is 9.97. The molecule has 0 radical (unpaired) electrons. The minimum Gasteiger partial charge on any atom is -0.341 e. The summed E-state index contributed by atoms with van der Waals surface area (Å²) in [6, 6.07) is 7.45. The monoisotopic (exact) mass is 324 g/mol. The summed E-state index contributed by atoms with van der Waals surface area (Å²) in [5.74, 6) is 0.00692. The van der Waals surface area contributed by atoms with Crippen molar-refractivity contribution in [3.05, 3.63) is 55.6 Å². The van der Waals surface area contributed by atoms with Gasteiger partial charge in [0.15, 0.2) is 0 Å². The van der Waals surface area contributed by atoms with Crippen molar-refractivity contribution in [2.24, 2.45) is 0 Å². The highest BCUT2D eigenvalue weighted by atomic mass is 35.5. The normalized spacial score (nSPS) is 10.6. The maximum absolute atomic E-state index is 12.1. The molecular weight excluding hydrogens is 308 g/mol. The van der Waals surface area contributed by atoms with E-state index in [4.69, 9.17) is 11.6 Å². The second kappa shape index (κ2) is 6.91. The molecule has 21 heavy (non-hydrogen) atoms. The summed E-state index contributed by atoms with van der Waals surface area (Å²) < 4.78 is 1.63. The third-order valence-electron chi connectivity index (χ3n) is 3.26. The molecule has 1 heterocycles. The highest BCUT2D eigenvalue weighted by Crippen LogP contribution is 2.12. The molecule has 1 aromatic carbocycles. The molecule has 2 aromatic rings. The molecule has 0 saturated heterocycles. The van der Waals surface area contributed by atoms with Gasteiger partial charge < -0.3 is 9.47 Å². The van der Waals surface area contributed by atoms with Gasteiger partial charge in [0.05, 0.1) is 0 Å². The highest BCUT2D eigenvalue weighted by molar-refractivity contribution is 7.07. The van der Waals surface area contributed by atoms with E-state index < -0.39 is 0 Å². The molecule has 0 aliphatic heterocycles. The molecule has 0 aliphatic carbocycles. The van der Waals surface area contributed by atoms with Gasteiger partial charge in [0, 0.05) is 42.7 Å². The Morgan fingerprint density at radius 2 is 2.19 bits per heavy atom. The van der Waals surface area contributed by atoms with E-state index in [0.29, 0.717) is 24.5 Å². The third-order valence-corrected chi connectivity index (χ3v) is 4.38. The Hall–Kier alpha value is -1.59. The Morgan fingerprint density at radius 3 is 2.81 bits per heavy atom. The number of benzene rings is 1. The third kappa shape index (κ3) is 4.19. The summed E-state index contributed by atoms with van der Waals surface area (Å²) in [6.07, 6.45) is 0.314. The SMILES string of the molecule is Cc1csc(=O)n1CCC(=O)N(C)Cc1cccc(Cl)c1. The van der Waals surface area contributed by atoms with E-state index in [0.717, 1.165) is 22.6 Å². The largest absolute Gasteiger partial charge is 0.341 e. The zero-order chi connectivity index (χ0) is 15.4. The molecule has 1 amide bonds. The van der Waals surface area contributed by atoms with Crippen LogP contribution in [0, 0.1) is 6.92 Å². The van der Waals surface area contributed by atoms with Gasteiger partial charge in [-0.2, -0.15) is 0 Å². The van der Waals surface area contributed by atoms with E-state index >= 15 is 0 Å². The van der Waals surface area contributed by atoms with Gasteiger partial charge in [-0.15, -0.1) is 0 Å². The number of carbonyl (C=O) groups excluding carboxylic acids is 1. The maximum atomic E-state index is 12.1. The first kappa shape index (κ1) is 15.8. The van der Waals surface area contributed by atoms with Crippen molar-refractivity contribution >= 4 is 28.8 Å². The minimum absolute atomic E-state index is 0.00692. The lowest BCUT2D eigenvalue weighted by atomic mass is 10.2. The van der Waals surface area contributed by atoms with Crippen LogP contribution < -0.4 is 4.87 Å². The van der Waals surface area contributed by atoms with Gasteiger partial charge in [0.25, 0.3) is 0 Å². The van der Waals surface area contributed by atoms with Crippen molar-refractivity contribution in [2.75, 3.05) is 7.05 Å². The standard InChI is InChI=1S/C15H17ClN2O2S/c1-11-10-21-15(20)18(11)7-6-14(19)17(2)9-12-4-3-5-13(16)8-12/h3-5,8,10H,6-7,9H2,1-2H3. The van der Waals surface area contributed by atoms with Crippen LogP contribution in [0.5, 0.6) is 0 Å². The number of thiazole rings is 1. The number of nitrogens with zero attached hydrogens (tertiary/aromatic N) is 2. The number of halogens is 1. The summed E-state index contributed by atoms with van der Waals surface area (Å²) in [5, 5.41) is 2.47. The first-order valence-electron chi connectivity index (χ1n) is 6.60. The molecule has 0 aliphatic rings. The number of aryl methyl sites for hydroxylation is 1. The summed E-state index contributed by atoms with van der Waals surface area (Å²) in [4.78, 5) is 25.4. The number of aromatic nitrogens is 1. The molecule has 6 heteroatoms. The molecule has 0 spiro atoms. The van der Waals surface area contributed by atoms with Crippen molar-refractivity contribution in [1.82, 2.24) is 9.47 Å². The van der Waals surface area contributed by atoms with Gasteiger partial charge in [-0.05, 0) is 24.6 Å². The van der Waals surface area contributed by atoms with E-state index in [2.05, 4.69) is 0 Å². The molecule has 0 unspecified atom stereocenters. The Morgan fingerprint density at radius 1 is 1.43 bits per heavy atom. The van der Waals surface area contributed by atoms with Gasteiger partial charge in [-0.1, -0.05) is 35.1 Å². The summed E-state index contributed by atoms with van der Waals surface area (Å²) in [7, 11) is 1.76. The molecule has 4 nitrogen and oxygen atoms in total. The summed E-state index contributed by atoms with van der Waals surface area (Å²) in [5.41, 5.74) is 1.89. The molecular formula is C15H17ClN2O2S. The number of rotatable bonds is 5. The van der Waals surface area contributed by atoms with Crippen molar-refractivity contribution in [3.8, 4) is 0 Å². The topological polar surface area (TPSA) is 42.3 Å². The van der Waals surface area contributed by atoms with Crippen LogP contribution in [-0.2, 0) is 17.9 Å². The number of carbonyl (C=O) groups is 1. The minimum atomic E-state index is -0.0159. The lowest BCUT2D eigenvalue weighted by Crippen LogP contribution is -2.28. The first-order valence-corrected chi connectivity index (χ1v) is 7.86. The van der Waals surface area contributed by atoms with Crippen molar-refractivity contribution < 1.29 is 4.79 Å². The van der Waals surface area contributed by atoms with Crippen LogP contribution in [0.15, 0.2) is 34.4 Å². The molecule has 0 fully saturated rings. The van der Waals surface area contributed by atoms with Crippen LogP contribution >= 0.6 is 22.9 Å². The Balaban J connectivity index is 1.93. The van der Waals surface area contributed by atoms with E-state index in [1.165, 1.54) is 0 Å². The summed E-state index contributed by atoms with van der Waals surface area (Å²) >= 11 is 7.09. The number of amides is 1. The predicted octanol–water partition coefficient (Wildman–Crippen LogP) is 2.92. The lowest BCUT2D eigenvalue weighted by Gasteiger charge is -2.17. The second-order valence-electron chi connectivity index (χ2n) is 4.92. The van der Waals surface area contributed by atoms with Crippen LogP contribution in [0.1, 0.15) is 17.7 Å². The van der Waals surface area contributed by atoms with E-state index in [1.54, 1.807) is 22.6 Å². The number of hydrogen-bond donors (Lipinski definition) is 0. The molecule has 1 aromatic heterocycles. The molecule has 0 bridgehead atoms. The molecule has 0 saturated carbocycles. The fourth-order valence-electron chi connectivity index (χ4n) is 2.07. The van der Waals surface area contributed by atoms with E-state index in [9.17, 15) is 9.59 Å². The zero-order valence-electron chi connectivity index (χ0n) is 12.0. The zero-order valence-corrected chi connectivity index (χ0v) is 13.6. The van der Waals surface area contributed by atoms with Gasteiger partial charge in [0.1, 0.15) is 0 Å². The Kier molecular flexibility index (Phi) is 5.20. The molecule has 0 N–H and O–H groups in total. The second-order valence-corrected chi connectivity index (χ2v) is 6.18. The molecule has 0 atom stereocenters. The van der Waals surface area contributed by atoms with E-state index in [-0.39, 0.29) is 10.8 Å². The van der Waals surface area contributed by atoms with Gasteiger partial charge >= 0.3 is 4.87 Å². The smallest absolute Gasteiger partial charge is 0.307 e. The van der Waals surface area contributed by atoms with Crippen LogP contribution in [-0.4, -0.2) is 22.4 Å².